The Kier molecular flexibility index (Phi) is 3.16. The Morgan fingerprint density at radius 2 is 2.33 bits per heavy atom. The molecule has 4 N–H and O–H groups in total. The van der Waals surface area contributed by atoms with Gasteiger partial charge in [0, 0.05) is 12.3 Å². The first-order valence-corrected chi connectivity index (χ1v) is 5.51. The lowest BCUT2D eigenvalue weighted by Gasteiger charge is -2.37. The van der Waals surface area contributed by atoms with Gasteiger partial charge in [0.2, 0.25) is 0 Å². The van der Waals surface area contributed by atoms with Crippen LogP contribution < -0.4 is 5.32 Å². The maximum atomic E-state index is 11.1. The van der Waals surface area contributed by atoms with Gasteiger partial charge in [-0.15, -0.1) is 0 Å². The average molecular weight is 256 g/mol. The second-order valence-corrected chi connectivity index (χ2v) is 4.54. The summed E-state index contributed by atoms with van der Waals surface area (Å²) in [7, 11) is 0. The molecule has 0 radical (unpaired) electrons. The fraction of sp³-hybridized carbons (Fsp3) is 0.545. The number of nitrogens with one attached hydrogen (secondary N) is 1. The summed E-state index contributed by atoms with van der Waals surface area (Å²) in [5, 5.41) is 31.6. The summed E-state index contributed by atoms with van der Waals surface area (Å²) in [5.41, 5.74) is -1.59. The lowest BCUT2D eigenvalue weighted by atomic mass is 9.96. The fourth-order valence-corrected chi connectivity index (χ4v) is 2.10. The molecule has 4 unspecified atom stereocenters. The van der Waals surface area contributed by atoms with E-state index < -0.39 is 30.6 Å². The highest BCUT2D eigenvalue weighted by molar-refractivity contribution is 5.89. The first-order valence-electron chi connectivity index (χ1n) is 5.51. The lowest BCUT2D eigenvalue weighted by Crippen LogP contribution is -2.53. The molecule has 1 fully saturated rings. The molecule has 1 saturated heterocycles. The molecule has 0 aromatic rings. The summed E-state index contributed by atoms with van der Waals surface area (Å²) in [6.07, 6.45) is -0.385. The number of aliphatic hydroxyl groups is 3. The van der Waals surface area contributed by atoms with E-state index in [1.807, 2.05) is 0 Å². The summed E-state index contributed by atoms with van der Waals surface area (Å²) in [6, 6.07) is 0. The van der Waals surface area contributed by atoms with Crippen molar-refractivity contribution in [3.8, 4) is 0 Å². The van der Waals surface area contributed by atoms with Crippen molar-refractivity contribution in [2.24, 2.45) is 0 Å². The normalized spacial score (nSPS) is 40.2. The van der Waals surface area contributed by atoms with Crippen LogP contribution in [-0.4, -0.2) is 56.8 Å². The van der Waals surface area contributed by atoms with E-state index in [0.29, 0.717) is 0 Å². The lowest BCUT2D eigenvalue weighted by molar-refractivity contribution is -0.124. The Morgan fingerprint density at radius 1 is 1.67 bits per heavy atom. The highest BCUT2D eigenvalue weighted by Crippen LogP contribution is 2.34. The van der Waals surface area contributed by atoms with Gasteiger partial charge >= 0.3 is 0 Å². The minimum absolute atomic E-state index is 0.235. The summed E-state index contributed by atoms with van der Waals surface area (Å²) in [4.78, 5) is 12.5. The first kappa shape index (κ1) is 13.0. The number of aliphatic hydroxyl groups excluding tert-OH is 2. The molecule has 2 aliphatic heterocycles. The zero-order valence-corrected chi connectivity index (χ0v) is 9.91. The van der Waals surface area contributed by atoms with E-state index in [1.54, 1.807) is 0 Å². The molecule has 2 heterocycles. The van der Waals surface area contributed by atoms with Crippen molar-refractivity contribution in [1.82, 2.24) is 10.2 Å². The van der Waals surface area contributed by atoms with Gasteiger partial charge in [-0.2, -0.15) is 0 Å². The van der Waals surface area contributed by atoms with Crippen molar-refractivity contribution in [2.75, 3.05) is 6.61 Å². The summed E-state index contributed by atoms with van der Waals surface area (Å²) < 4.78 is 5.40. The number of carbonyl (C=O) groups is 1. The van der Waals surface area contributed by atoms with Crippen LogP contribution in [0.2, 0.25) is 0 Å². The van der Waals surface area contributed by atoms with Gasteiger partial charge in [0.25, 0.3) is 5.91 Å². The zero-order valence-electron chi connectivity index (χ0n) is 9.91. The third-order valence-corrected chi connectivity index (χ3v) is 3.15. The van der Waals surface area contributed by atoms with Gasteiger partial charge in [0.1, 0.15) is 23.6 Å². The molecule has 0 spiro atoms. The second kappa shape index (κ2) is 4.36. The molecular weight excluding hydrogens is 240 g/mol. The van der Waals surface area contributed by atoms with Crippen molar-refractivity contribution in [3.05, 3.63) is 24.7 Å². The fourth-order valence-electron chi connectivity index (χ4n) is 2.10. The van der Waals surface area contributed by atoms with E-state index >= 15 is 0 Å². The summed E-state index contributed by atoms with van der Waals surface area (Å²) in [6.45, 7) is 4.63. The molecule has 0 aromatic carbocycles. The predicted octanol–water partition coefficient (Wildman–Crippen LogP) is -1.77. The predicted molar refractivity (Wildman–Crippen MR) is 60.6 cm³/mol. The van der Waals surface area contributed by atoms with Crippen molar-refractivity contribution < 1.29 is 24.9 Å². The average Bonchev–Trinajstić information content (AvgIpc) is 2.52. The van der Waals surface area contributed by atoms with Crippen LogP contribution >= 0.6 is 0 Å². The van der Waals surface area contributed by atoms with Gasteiger partial charge in [-0.1, -0.05) is 6.58 Å². The molecule has 0 aromatic heterocycles. The van der Waals surface area contributed by atoms with Gasteiger partial charge in [-0.05, 0) is 6.92 Å². The van der Waals surface area contributed by atoms with E-state index in [2.05, 4.69) is 11.9 Å². The number of carbonyl (C=O) groups excluding carboxylic acids is 1. The Hall–Kier alpha value is -1.41. The second-order valence-electron chi connectivity index (χ2n) is 4.54. The van der Waals surface area contributed by atoms with Crippen LogP contribution in [0, 0.1) is 0 Å². The molecule has 100 valence electrons. The minimum atomic E-state index is -1.59. The molecule has 2 rings (SSSR count). The third kappa shape index (κ3) is 1.91. The van der Waals surface area contributed by atoms with Crippen LogP contribution in [0.15, 0.2) is 24.7 Å². The summed E-state index contributed by atoms with van der Waals surface area (Å²) >= 11 is 0. The molecule has 0 aliphatic carbocycles. The van der Waals surface area contributed by atoms with Crippen molar-refractivity contribution >= 4 is 5.91 Å². The third-order valence-electron chi connectivity index (χ3n) is 3.15. The van der Waals surface area contributed by atoms with E-state index in [-0.39, 0.29) is 11.7 Å². The molecule has 2 aliphatic rings. The highest BCUT2D eigenvalue weighted by atomic mass is 16.6. The van der Waals surface area contributed by atoms with Gasteiger partial charge in [0.05, 0.1) is 6.61 Å². The molecule has 1 amide bonds. The number of hydrogen-bond donors (Lipinski definition) is 4. The quantitative estimate of drug-likeness (QED) is 0.466. The van der Waals surface area contributed by atoms with Gasteiger partial charge in [0.15, 0.2) is 6.23 Å². The number of hydrogen-bond acceptors (Lipinski definition) is 6. The van der Waals surface area contributed by atoms with Crippen molar-refractivity contribution in [3.63, 3.8) is 0 Å². The van der Waals surface area contributed by atoms with E-state index in [4.69, 9.17) is 9.84 Å². The van der Waals surface area contributed by atoms with Crippen LogP contribution in [-0.2, 0) is 9.53 Å². The Labute approximate surface area is 104 Å². The highest BCUT2D eigenvalue weighted by Gasteiger charge is 2.54. The monoisotopic (exact) mass is 256 g/mol. The van der Waals surface area contributed by atoms with E-state index in [1.165, 1.54) is 24.1 Å². The summed E-state index contributed by atoms with van der Waals surface area (Å²) in [5.74, 6) is -0.0910. The Morgan fingerprint density at radius 3 is 2.83 bits per heavy atom. The molecule has 0 saturated carbocycles. The zero-order chi connectivity index (χ0) is 13.5. The molecule has 7 nitrogen and oxygen atoms in total. The van der Waals surface area contributed by atoms with E-state index in [9.17, 15) is 15.0 Å². The largest absolute Gasteiger partial charge is 0.394 e. The van der Waals surface area contributed by atoms with Crippen LogP contribution in [0.4, 0.5) is 0 Å². The number of rotatable bonds is 2. The first-order chi connectivity index (χ1) is 8.37. The van der Waals surface area contributed by atoms with E-state index in [0.717, 1.165) is 0 Å². The molecule has 0 bridgehead atoms. The topological polar surface area (TPSA) is 102 Å². The standard InChI is InChI=1S/C11H16N2O5/c1-6-12-8(15)3-4-13(6)10-11(2,17)9(16)7(5-14)18-10/h3-4,7,9-10,14,16-17H,1,5H2,2H3,(H,12,15). The van der Waals surface area contributed by atoms with Gasteiger partial charge in [-0.25, -0.2) is 0 Å². The molecule has 4 atom stereocenters. The number of nitrogens with zero attached hydrogens (tertiary/aromatic N) is 1. The molecular formula is C11H16N2O5. The van der Waals surface area contributed by atoms with Crippen LogP contribution in [0.25, 0.3) is 0 Å². The Bertz CT molecular complexity index is 406. The maximum absolute atomic E-state index is 11.1. The molecule has 18 heavy (non-hydrogen) atoms. The Balaban J connectivity index is 2.26. The van der Waals surface area contributed by atoms with Crippen LogP contribution in [0.1, 0.15) is 6.92 Å². The smallest absolute Gasteiger partial charge is 0.250 e. The van der Waals surface area contributed by atoms with Crippen LogP contribution in [0.3, 0.4) is 0 Å². The van der Waals surface area contributed by atoms with Crippen molar-refractivity contribution in [1.29, 1.82) is 0 Å². The van der Waals surface area contributed by atoms with Crippen molar-refractivity contribution in [2.45, 2.75) is 31.0 Å². The van der Waals surface area contributed by atoms with Gasteiger partial charge < -0.3 is 30.3 Å². The SMILES string of the molecule is C=C1NC(=O)C=CN1C1OC(CO)C(O)C1(C)O. The number of amides is 1. The maximum Gasteiger partial charge on any atom is 0.250 e. The minimum Gasteiger partial charge on any atom is -0.394 e. The molecule has 7 heteroatoms. The van der Waals surface area contributed by atoms with Gasteiger partial charge in [-0.3, -0.25) is 4.79 Å². The number of ether oxygens (including phenoxy) is 1. The van der Waals surface area contributed by atoms with Crippen LogP contribution in [0.5, 0.6) is 0 Å².